The summed E-state index contributed by atoms with van der Waals surface area (Å²) < 4.78 is 0. The van der Waals surface area contributed by atoms with Crippen molar-refractivity contribution in [3.63, 3.8) is 0 Å². The Morgan fingerprint density at radius 1 is 1.14 bits per heavy atom. The molecule has 0 aromatic carbocycles. The summed E-state index contributed by atoms with van der Waals surface area (Å²) in [6.07, 6.45) is 8.13. The third kappa shape index (κ3) is 7.17. The van der Waals surface area contributed by atoms with Crippen molar-refractivity contribution >= 4 is 0 Å². The molecule has 0 aliphatic rings. The monoisotopic (exact) mass is 196 g/mol. The molecule has 0 amide bonds. The minimum absolute atomic E-state index is 0.839. The summed E-state index contributed by atoms with van der Waals surface area (Å²) in [5, 5.41) is 0. The molecule has 1 unspecified atom stereocenters. The van der Waals surface area contributed by atoms with Crippen molar-refractivity contribution in [2.24, 2.45) is 11.8 Å². The van der Waals surface area contributed by atoms with Crippen molar-refractivity contribution in [2.45, 2.75) is 66.2 Å². The van der Waals surface area contributed by atoms with Gasteiger partial charge in [0.05, 0.1) is 0 Å². The zero-order chi connectivity index (χ0) is 11.0. The smallest absolute Gasteiger partial charge is 0.0323 e. The maximum Gasteiger partial charge on any atom is -0.0323 e. The lowest BCUT2D eigenvalue weighted by molar-refractivity contribution is 0.325. The van der Waals surface area contributed by atoms with Crippen molar-refractivity contribution < 1.29 is 0 Å². The van der Waals surface area contributed by atoms with E-state index in [1.54, 1.807) is 0 Å². The molecule has 84 valence electrons. The van der Waals surface area contributed by atoms with Crippen molar-refractivity contribution in [3.05, 3.63) is 12.2 Å². The van der Waals surface area contributed by atoms with Gasteiger partial charge in [0, 0.05) is 0 Å². The van der Waals surface area contributed by atoms with Gasteiger partial charge in [-0.2, -0.15) is 0 Å². The minimum Gasteiger partial charge on any atom is -0.100 e. The van der Waals surface area contributed by atoms with Gasteiger partial charge in [-0.25, -0.2) is 0 Å². The van der Waals surface area contributed by atoms with E-state index >= 15 is 0 Å². The highest BCUT2D eigenvalue weighted by Gasteiger charge is 2.12. The first-order valence-corrected chi connectivity index (χ1v) is 6.22. The summed E-state index contributed by atoms with van der Waals surface area (Å²) in [5.41, 5.74) is 1.34. The van der Waals surface area contributed by atoms with Crippen LogP contribution in [0.3, 0.4) is 0 Å². The average Bonchev–Trinajstić information content (AvgIpc) is 2.10. The third-order valence-electron chi connectivity index (χ3n) is 3.06. The van der Waals surface area contributed by atoms with Crippen LogP contribution in [0.2, 0.25) is 0 Å². The summed E-state index contributed by atoms with van der Waals surface area (Å²) in [6.45, 7) is 13.1. The first kappa shape index (κ1) is 13.7. The molecule has 0 rings (SSSR count). The van der Waals surface area contributed by atoms with Crippen LogP contribution in [0.1, 0.15) is 66.2 Å². The van der Waals surface area contributed by atoms with E-state index in [0.29, 0.717) is 0 Å². The van der Waals surface area contributed by atoms with Crippen LogP contribution in [0.5, 0.6) is 0 Å². The Morgan fingerprint density at radius 2 is 1.79 bits per heavy atom. The molecule has 0 nitrogen and oxygen atoms in total. The minimum atomic E-state index is 0.839. The zero-order valence-corrected chi connectivity index (χ0v) is 10.6. The summed E-state index contributed by atoms with van der Waals surface area (Å²) in [7, 11) is 0. The Bertz CT molecular complexity index is 144. The molecule has 0 radical (unpaired) electrons. The molecule has 14 heavy (non-hydrogen) atoms. The molecule has 0 aliphatic heterocycles. The third-order valence-corrected chi connectivity index (χ3v) is 3.06. The highest BCUT2D eigenvalue weighted by molar-refractivity contribution is 4.88. The number of hydrogen-bond donors (Lipinski definition) is 0. The molecule has 1 atom stereocenters. The number of allylic oxidation sites excluding steroid dienone is 1. The molecule has 0 aliphatic carbocycles. The summed E-state index contributed by atoms with van der Waals surface area (Å²) in [4.78, 5) is 0. The van der Waals surface area contributed by atoms with Gasteiger partial charge in [0.2, 0.25) is 0 Å². The van der Waals surface area contributed by atoms with E-state index in [2.05, 4.69) is 34.3 Å². The highest BCUT2D eigenvalue weighted by Crippen LogP contribution is 2.24. The Balaban J connectivity index is 3.72. The van der Waals surface area contributed by atoms with E-state index in [1.807, 2.05) is 0 Å². The maximum absolute atomic E-state index is 3.98. The van der Waals surface area contributed by atoms with Gasteiger partial charge in [0.25, 0.3) is 0 Å². The Labute approximate surface area is 90.8 Å². The molecule has 0 spiro atoms. The fraction of sp³-hybridized carbons (Fsp3) is 0.857. The molecule has 0 bridgehead atoms. The van der Waals surface area contributed by atoms with E-state index in [1.165, 1.54) is 44.1 Å². The summed E-state index contributed by atoms with van der Waals surface area (Å²) in [6, 6.07) is 0. The largest absolute Gasteiger partial charge is 0.100 e. The van der Waals surface area contributed by atoms with Gasteiger partial charge in [0.15, 0.2) is 0 Å². The molecule has 0 N–H and O–H groups in total. The maximum atomic E-state index is 3.98. The van der Waals surface area contributed by atoms with Gasteiger partial charge in [-0.05, 0) is 31.6 Å². The molecule has 0 fully saturated rings. The van der Waals surface area contributed by atoms with Crippen LogP contribution in [0, 0.1) is 11.8 Å². The van der Waals surface area contributed by atoms with Crippen LogP contribution in [0.15, 0.2) is 12.2 Å². The standard InChI is InChI=1S/C14H28/c1-6-7-8-9-14(13(4)5)11-10-12(2)3/h13-14H,2,6-11H2,1,3-5H3. The van der Waals surface area contributed by atoms with Gasteiger partial charge in [-0.15, -0.1) is 6.58 Å². The lowest BCUT2D eigenvalue weighted by Gasteiger charge is -2.20. The van der Waals surface area contributed by atoms with E-state index in [9.17, 15) is 0 Å². The van der Waals surface area contributed by atoms with Crippen LogP contribution in [0.4, 0.5) is 0 Å². The fourth-order valence-corrected chi connectivity index (χ4v) is 1.90. The quantitative estimate of drug-likeness (QED) is 0.370. The number of unbranched alkanes of at least 4 members (excludes halogenated alkanes) is 2. The van der Waals surface area contributed by atoms with Crippen molar-refractivity contribution in [1.29, 1.82) is 0 Å². The lowest BCUT2D eigenvalue weighted by atomic mass is 9.86. The van der Waals surface area contributed by atoms with Gasteiger partial charge in [-0.1, -0.05) is 52.0 Å². The number of hydrogen-bond acceptors (Lipinski definition) is 0. The SMILES string of the molecule is C=C(C)CCC(CCCCC)C(C)C. The molecule has 0 heterocycles. The predicted molar refractivity (Wildman–Crippen MR) is 66.5 cm³/mol. The molecule has 0 aromatic rings. The predicted octanol–water partition coefficient (Wildman–Crippen LogP) is 5.20. The van der Waals surface area contributed by atoms with Crippen molar-refractivity contribution in [1.82, 2.24) is 0 Å². The van der Waals surface area contributed by atoms with Crippen LogP contribution < -0.4 is 0 Å². The lowest BCUT2D eigenvalue weighted by Crippen LogP contribution is -2.08. The first-order chi connectivity index (χ1) is 6.57. The van der Waals surface area contributed by atoms with Crippen molar-refractivity contribution in [2.75, 3.05) is 0 Å². The second-order valence-corrected chi connectivity index (χ2v) is 5.00. The van der Waals surface area contributed by atoms with E-state index < -0.39 is 0 Å². The Morgan fingerprint density at radius 3 is 2.21 bits per heavy atom. The highest BCUT2D eigenvalue weighted by atomic mass is 14.2. The Kier molecular flexibility index (Phi) is 7.93. The average molecular weight is 196 g/mol. The molecule has 0 heteroatoms. The zero-order valence-electron chi connectivity index (χ0n) is 10.6. The fourth-order valence-electron chi connectivity index (χ4n) is 1.90. The van der Waals surface area contributed by atoms with Gasteiger partial charge in [0.1, 0.15) is 0 Å². The van der Waals surface area contributed by atoms with E-state index in [0.717, 1.165) is 11.8 Å². The second kappa shape index (κ2) is 8.08. The summed E-state index contributed by atoms with van der Waals surface area (Å²) in [5.74, 6) is 1.75. The normalized spacial score (nSPS) is 13.2. The van der Waals surface area contributed by atoms with E-state index in [4.69, 9.17) is 0 Å². The van der Waals surface area contributed by atoms with Crippen LogP contribution in [0.25, 0.3) is 0 Å². The van der Waals surface area contributed by atoms with Crippen LogP contribution in [-0.2, 0) is 0 Å². The number of rotatable bonds is 8. The van der Waals surface area contributed by atoms with Gasteiger partial charge in [-0.3, -0.25) is 0 Å². The van der Waals surface area contributed by atoms with Crippen molar-refractivity contribution in [3.8, 4) is 0 Å². The molecular formula is C14H28. The molecule has 0 saturated heterocycles. The first-order valence-electron chi connectivity index (χ1n) is 6.22. The van der Waals surface area contributed by atoms with Crippen LogP contribution >= 0.6 is 0 Å². The Hall–Kier alpha value is -0.260. The topological polar surface area (TPSA) is 0 Å². The van der Waals surface area contributed by atoms with Gasteiger partial charge < -0.3 is 0 Å². The molecule has 0 saturated carbocycles. The second-order valence-electron chi connectivity index (χ2n) is 5.00. The summed E-state index contributed by atoms with van der Waals surface area (Å²) >= 11 is 0. The molecule has 0 aromatic heterocycles. The van der Waals surface area contributed by atoms with Crippen LogP contribution in [-0.4, -0.2) is 0 Å². The molecular weight excluding hydrogens is 168 g/mol. The van der Waals surface area contributed by atoms with Gasteiger partial charge >= 0.3 is 0 Å². The van der Waals surface area contributed by atoms with E-state index in [-0.39, 0.29) is 0 Å².